The number of nitrogens with zero attached hydrogens (tertiary/aromatic N) is 3. The molecular formula is C17H13ClN4O4. The lowest BCUT2D eigenvalue weighted by Gasteiger charge is -2.03. The van der Waals surface area contributed by atoms with Crippen LogP contribution in [0.5, 0.6) is 0 Å². The van der Waals surface area contributed by atoms with Gasteiger partial charge in [0.05, 0.1) is 15.5 Å². The number of aryl methyl sites for hydroxylation is 2. The van der Waals surface area contributed by atoms with Gasteiger partial charge in [-0.25, -0.2) is 0 Å². The number of halogens is 1. The number of nitrogens with one attached hydrogen (secondary N) is 1. The van der Waals surface area contributed by atoms with E-state index in [1.54, 1.807) is 0 Å². The standard InChI is InChI=1S/C17H13ClN4O4/c1-9-3-4-11(7-10(9)2)16-20-21-17(26-16)19-15(23)13-8-12(22(24)25)5-6-14(13)18/h3-8H,1-2H3,(H,19,21,23). The van der Waals surface area contributed by atoms with Crippen molar-refractivity contribution in [2.45, 2.75) is 13.8 Å². The van der Waals surface area contributed by atoms with Crippen LogP contribution < -0.4 is 5.32 Å². The van der Waals surface area contributed by atoms with Gasteiger partial charge in [-0.3, -0.25) is 20.2 Å². The highest BCUT2D eigenvalue weighted by Gasteiger charge is 2.18. The first-order chi connectivity index (χ1) is 12.3. The Bertz CT molecular complexity index is 1020. The molecule has 1 N–H and O–H groups in total. The number of non-ortho nitro benzene ring substituents is 1. The number of carbonyl (C=O) groups excluding carboxylic acids is 1. The maximum Gasteiger partial charge on any atom is 0.322 e. The van der Waals surface area contributed by atoms with Crippen molar-refractivity contribution in [2.24, 2.45) is 0 Å². The fraction of sp³-hybridized carbons (Fsp3) is 0.118. The van der Waals surface area contributed by atoms with Gasteiger partial charge < -0.3 is 4.42 Å². The Kier molecular flexibility index (Phi) is 4.68. The minimum atomic E-state index is -0.686. The van der Waals surface area contributed by atoms with Crippen molar-refractivity contribution in [1.29, 1.82) is 0 Å². The Balaban J connectivity index is 1.83. The molecule has 0 saturated carbocycles. The molecule has 0 aliphatic heterocycles. The fourth-order valence-corrected chi connectivity index (χ4v) is 2.43. The zero-order chi connectivity index (χ0) is 18.8. The summed E-state index contributed by atoms with van der Waals surface area (Å²) < 4.78 is 5.44. The first kappa shape index (κ1) is 17.6. The molecular weight excluding hydrogens is 360 g/mol. The molecule has 0 radical (unpaired) electrons. The minimum absolute atomic E-state index is 0.0632. The van der Waals surface area contributed by atoms with Crippen LogP contribution in [-0.2, 0) is 0 Å². The summed E-state index contributed by atoms with van der Waals surface area (Å²) in [7, 11) is 0. The van der Waals surface area contributed by atoms with E-state index in [1.165, 1.54) is 12.1 Å². The number of carbonyl (C=O) groups is 1. The zero-order valence-corrected chi connectivity index (χ0v) is 14.6. The first-order valence-corrected chi connectivity index (χ1v) is 7.89. The normalized spacial score (nSPS) is 10.6. The summed E-state index contributed by atoms with van der Waals surface area (Å²) in [5, 5.41) is 21.0. The summed E-state index contributed by atoms with van der Waals surface area (Å²) in [5.41, 5.74) is 2.60. The van der Waals surface area contributed by atoms with Gasteiger partial charge in [-0.15, -0.1) is 5.10 Å². The summed E-state index contributed by atoms with van der Waals surface area (Å²) in [6.45, 7) is 3.95. The molecule has 0 aliphatic rings. The van der Waals surface area contributed by atoms with Gasteiger partial charge in [0.2, 0.25) is 5.89 Å². The molecule has 2 aromatic carbocycles. The van der Waals surface area contributed by atoms with Crippen molar-refractivity contribution >= 4 is 29.2 Å². The Morgan fingerprint density at radius 3 is 2.62 bits per heavy atom. The molecule has 132 valence electrons. The molecule has 0 bridgehead atoms. The second kappa shape index (κ2) is 6.93. The second-order valence-corrected chi connectivity index (χ2v) is 5.99. The Hall–Kier alpha value is -3.26. The summed E-state index contributed by atoms with van der Waals surface area (Å²) in [4.78, 5) is 22.5. The van der Waals surface area contributed by atoms with Crippen molar-refractivity contribution in [2.75, 3.05) is 5.32 Å². The largest absolute Gasteiger partial charge is 0.403 e. The van der Waals surface area contributed by atoms with Gasteiger partial charge in [0.25, 0.3) is 11.6 Å². The van der Waals surface area contributed by atoms with E-state index in [1.807, 2.05) is 32.0 Å². The number of hydrogen-bond acceptors (Lipinski definition) is 6. The molecule has 1 aromatic heterocycles. The third-order valence-corrected chi connectivity index (χ3v) is 4.13. The van der Waals surface area contributed by atoms with E-state index in [0.29, 0.717) is 0 Å². The number of rotatable bonds is 4. The van der Waals surface area contributed by atoms with E-state index in [-0.39, 0.29) is 28.2 Å². The molecule has 0 atom stereocenters. The van der Waals surface area contributed by atoms with Gasteiger partial charge in [0.1, 0.15) is 0 Å². The number of aromatic nitrogens is 2. The molecule has 3 aromatic rings. The summed E-state index contributed by atoms with van der Waals surface area (Å²) >= 11 is 5.95. The van der Waals surface area contributed by atoms with E-state index < -0.39 is 10.8 Å². The average Bonchev–Trinajstić information content (AvgIpc) is 3.05. The lowest BCUT2D eigenvalue weighted by Crippen LogP contribution is -2.13. The van der Waals surface area contributed by atoms with Crippen molar-refractivity contribution in [3.05, 3.63) is 68.2 Å². The highest BCUT2D eigenvalue weighted by Crippen LogP contribution is 2.25. The van der Waals surface area contributed by atoms with Crippen molar-refractivity contribution in [3.63, 3.8) is 0 Å². The summed E-state index contributed by atoms with van der Waals surface area (Å²) in [6, 6.07) is 9.09. The summed E-state index contributed by atoms with van der Waals surface area (Å²) in [6.07, 6.45) is 0. The van der Waals surface area contributed by atoms with Gasteiger partial charge >= 0.3 is 6.01 Å². The third kappa shape index (κ3) is 3.55. The number of nitro benzene ring substituents is 1. The van der Waals surface area contributed by atoms with Gasteiger partial charge in [0.15, 0.2) is 0 Å². The maximum atomic E-state index is 12.3. The third-order valence-electron chi connectivity index (χ3n) is 3.80. The van der Waals surface area contributed by atoms with Crippen LogP contribution in [0, 0.1) is 24.0 Å². The monoisotopic (exact) mass is 372 g/mol. The quantitative estimate of drug-likeness (QED) is 0.543. The van der Waals surface area contributed by atoms with Crippen LogP contribution >= 0.6 is 11.6 Å². The van der Waals surface area contributed by atoms with E-state index in [2.05, 4.69) is 15.5 Å². The smallest absolute Gasteiger partial charge is 0.322 e. The van der Waals surface area contributed by atoms with Crippen LogP contribution in [0.25, 0.3) is 11.5 Å². The molecule has 0 saturated heterocycles. The average molecular weight is 373 g/mol. The lowest BCUT2D eigenvalue weighted by atomic mass is 10.1. The molecule has 8 nitrogen and oxygen atoms in total. The second-order valence-electron chi connectivity index (χ2n) is 5.59. The maximum absolute atomic E-state index is 12.3. The molecule has 0 unspecified atom stereocenters. The molecule has 0 spiro atoms. The van der Waals surface area contributed by atoms with E-state index >= 15 is 0 Å². The number of amides is 1. The molecule has 0 aliphatic carbocycles. The van der Waals surface area contributed by atoms with Crippen molar-refractivity contribution < 1.29 is 14.1 Å². The molecule has 9 heteroatoms. The lowest BCUT2D eigenvalue weighted by molar-refractivity contribution is -0.384. The van der Waals surface area contributed by atoms with Gasteiger partial charge in [-0.1, -0.05) is 22.8 Å². The minimum Gasteiger partial charge on any atom is -0.403 e. The molecule has 26 heavy (non-hydrogen) atoms. The number of hydrogen-bond donors (Lipinski definition) is 1. The van der Waals surface area contributed by atoms with Crippen LogP contribution in [0.15, 0.2) is 40.8 Å². The Morgan fingerprint density at radius 1 is 1.15 bits per heavy atom. The number of nitro groups is 1. The predicted molar refractivity (Wildman–Crippen MR) is 95.3 cm³/mol. The van der Waals surface area contributed by atoms with Crippen molar-refractivity contribution in [3.8, 4) is 11.5 Å². The molecule has 3 rings (SSSR count). The topological polar surface area (TPSA) is 111 Å². The first-order valence-electron chi connectivity index (χ1n) is 7.51. The van der Waals surface area contributed by atoms with E-state index in [9.17, 15) is 14.9 Å². The fourth-order valence-electron chi connectivity index (χ4n) is 2.23. The Morgan fingerprint density at radius 2 is 1.92 bits per heavy atom. The van der Waals surface area contributed by atoms with Gasteiger partial charge in [0, 0.05) is 17.7 Å². The molecule has 1 amide bonds. The predicted octanol–water partition coefficient (Wildman–Crippen LogP) is 4.17. The van der Waals surface area contributed by atoms with E-state index in [4.69, 9.17) is 16.0 Å². The van der Waals surface area contributed by atoms with E-state index in [0.717, 1.165) is 22.8 Å². The van der Waals surface area contributed by atoms with Crippen LogP contribution in [0.3, 0.4) is 0 Å². The SMILES string of the molecule is Cc1ccc(-c2nnc(NC(=O)c3cc([N+](=O)[O-])ccc3Cl)o2)cc1C. The van der Waals surface area contributed by atoms with Crippen LogP contribution in [-0.4, -0.2) is 21.0 Å². The molecule has 1 heterocycles. The zero-order valence-electron chi connectivity index (χ0n) is 13.8. The van der Waals surface area contributed by atoms with Crippen LogP contribution in [0.2, 0.25) is 5.02 Å². The van der Waals surface area contributed by atoms with Crippen LogP contribution in [0.4, 0.5) is 11.7 Å². The highest BCUT2D eigenvalue weighted by atomic mass is 35.5. The van der Waals surface area contributed by atoms with Gasteiger partial charge in [-0.2, -0.15) is 0 Å². The number of benzene rings is 2. The van der Waals surface area contributed by atoms with Crippen LogP contribution in [0.1, 0.15) is 21.5 Å². The van der Waals surface area contributed by atoms with Gasteiger partial charge in [-0.05, 0) is 43.2 Å². The Labute approximate surface area is 153 Å². The number of anilines is 1. The van der Waals surface area contributed by atoms with Crippen molar-refractivity contribution in [1.82, 2.24) is 10.2 Å². The summed E-state index contributed by atoms with van der Waals surface area (Å²) in [5.74, 6) is -0.442. The highest BCUT2D eigenvalue weighted by molar-refractivity contribution is 6.34. The molecule has 0 fully saturated rings.